The molecule has 1 aromatic heterocycles. The summed E-state index contributed by atoms with van der Waals surface area (Å²) in [6.07, 6.45) is 1.76. The van der Waals surface area contributed by atoms with Crippen molar-refractivity contribution in [1.29, 1.82) is 0 Å². The van der Waals surface area contributed by atoms with Crippen LogP contribution in [0.15, 0.2) is 54.7 Å². The Hall–Kier alpha value is -2.92. The summed E-state index contributed by atoms with van der Waals surface area (Å²) < 4.78 is 10.6. The van der Waals surface area contributed by atoms with Crippen molar-refractivity contribution >= 4 is 16.8 Å². The van der Waals surface area contributed by atoms with Gasteiger partial charge in [0.25, 0.3) is 5.91 Å². The summed E-state index contributed by atoms with van der Waals surface area (Å²) in [4.78, 5) is 16.8. The van der Waals surface area contributed by atoms with Gasteiger partial charge in [0.15, 0.2) is 0 Å². The van der Waals surface area contributed by atoms with E-state index in [2.05, 4.69) is 17.2 Å². The molecule has 1 aliphatic heterocycles. The van der Waals surface area contributed by atoms with Crippen LogP contribution in [0.5, 0.6) is 5.75 Å². The SMILES string of the molecule is COc1ccc(-c2ccc(C(=O)NCC3(C)COC3)cc2)c2cccnc12. The van der Waals surface area contributed by atoms with E-state index in [0.717, 1.165) is 27.8 Å². The molecule has 1 aliphatic rings. The van der Waals surface area contributed by atoms with Crippen LogP contribution in [0.4, 0.5) is 0 Å². The molecule has 0 spiro atoms. The number of aromatic nitrogens is 1. The molecule has 0 saturated carbocycles. The molecule has 0 unspecified atom stereocenters. The molecule has 2 aromatic carbocycles. The van der Waals surface area contributed by atoms with Gasteiger partial charge in [-0.05, 0) is 41.5 Å². The van der Waals surface area contributed by atoms with Gasteiger partial charge in [-0.25, -0.2) is 0 Å². The number of pyridine rings is 1. The van der Waals surface area contributed by atoms with E-state index >= 15 is 0 Å². The first-order valence-corrected chi connectivity index (χ1v) is 8.98. The van der Waals surface area contributed by atoms with E-state index in [4.69, 9.17) is 9.47 Å². The summed E-state index contributed by atoms with van der Waals surface area (Å²) >= 11 is 0. The predicted molar refractivity (Wildman–Crippen MR) is 105 cm³/mol. The average molecular weight is 362 g/mol. The topological polar surface area (TPSA) is 60.5 Å². The molecule has 0 aliphatic carbocycles. The molecule has 138 valence electrons. The number of nitrogens with zero attached hydrogens (tertiary/aromatic N) is 1. The maximum absolute atomic E-state index is 12.4. The molecular formula is C22H22N2O3. The van der Waals surface area contributed by atoms with Crippen molar-refractivity contribution in [1.82, 2.24) is 10.3 Å². The summed E-state index contributed by atoms with van der Waals surface area (Å²) in [6, 6.07) is 15.5. The van der Waals surface area contributed by atoms with Crippen molar-refractivity contribution in [2.24, 2.45) is 5.41 Å². The number of carbonyl (C=O) groups excluding carboxylic acids is 1. The number of hydrogen-bond acceptors (Lipinski definition) is 4. The summed E-state index contributed by atoms with van der Waals surface area (Å²) in [5.74, 6) is 0.690. The second-order valence-electron chi connectivity index (χ2n) is 7.28. The highest BCUT2D eigenvalue weighted by Crippen LogP contribution is 2.33. The van der Waals surface area contributed by atoms with Crippen LogP contribution in [0.1, 0.15) is 17.3 Å². The Bertz CT molecular complexity index is 979. The van der Waals surface area contributed by atoms with Gasteiger partial charge in [0.2, 0.25) is 0 Å². The molecule has 5 heteroatoms. The normalized spacial score (nSPS) is 15.2. The summed E-state index contributed by atoms with van der Waals surface area (Å²) in [5.41, 5.74) is 3.63. The van der Waals surface area contributed by atoms with Gasteiger partial charge in [0, 0.05) is 29.1 Å². The van der Waals surface area contributed by atoms with E-state index in [0.29, 0.717) is 25.3 Å². The zero-order chi connectivity index (χ0) is 18.9. The van der Waals surface area contributed by atoms with Crippen molar-refractivity contribution in [2.45, 2.75) is 6.92 Å². The third-order valence-corrected chi connectivity index (χ3v) is 4.99. The van der Waals surface area contributed by atoms with Gasteiger partial charge in [-0.1, -0.05) is 25.1 Å². The zero-order valence-electron chi connectivity index (χ0n) is 15.5. The van der Waals surface area contributed by atoms with E-state index < -0.39 is 0 Å². The van der Waals surface area contributed by atoms with E-state index in [1.807, 2.05) is 48.5 Å². The lowest BCUT2D eigenvalue weighted by Gasteiger charge is -2.38. The maximum Gasteiger partial charge on any atom is 0.251 e. The fraction of sp³-hybridized carbons (Fsp3) is 0.273. The van der Waals surface area contributed by atoms with Crippen LogP contribution in [-0.2, 0) is 4.74 Å². The molecule has 27 heavy (non-hydrogen) atoms. The van der Waals surface area contributed by atoms with E-state index in [-0.39, 0.29) is 11.3 Å². The third-order valence-electron chi connectivity index (χ3n) is 4.99. The van der Waals surface area contributed by atoms with Gasteiger partial charge in [-0.15, -0.1) is 0 Å². The molecule has 0 radical (unpaired) electrons. The number of rotatable bonds is 5. The molecule has 0 atom stereocenters. The maximum atomic E-state index is 12.4. The number of carbonyl (C=O) groups is 1. The van der Waals surface area contributed by atoms with Crippen LogP contribution in [0.3, 0.4) is 0 Å². The zero-order valence-corrected chi connectivity index (χ0v) is 15.5. The van der Waals surface area contributed by atoms with E-state index in [1.54, 1.807) is 13.3 Å². The molecule has 1 saturated heterocycles. The first-order chi connectivity index (χ1) is 13.1. The van der Waals surface area contributed by atoms with Crippen LogP contribution in [-0.4, -0.2) is 37.8 Å². The number of fused-ring (bicyclic) bond motifs is 1. The molecule has 0 bridgehead atoms. The van der Waals surface area contributed by atoms with E-state index in [9.17, 15) is 4.79 Å². The summed E-state index contributed by atoms with van der Waals surface area (Å²) in [7, 11) is 1.65. The molecule has 3 aromatic rings. The van der Waals surface area contributed by atoms with Crippen LogP contribution in [0.25, 0.3) is 22.0 Å². The highest BCUT2D eigenvalue weighted by Gasteiger charge is 2.33. The second-order valence-corrected chi connectivity index (χ2v) is 7.28. The van der Waals surface area contributed by atoms with Gasteiger partial charge in [-0.2, -0.15) is 0 Å². The van der Waals surface area contributed by atoms with Crippen molar-refractivity contribution in [3.63, 3.8) is 0 Å². The Labute approximate surface area is 158 Å². The second kappa shape index (κ2) is 7.00. The Kier molecular flexibility index (Phi) is 4.54. The quantitative estimate of drug-likeness (QED) is 0.752. The molecule has 1 N–H and O–H groups in total. The largest absolute Gasteiger partial charge is 0.494 e. The average Bonchev–Trinajstić information content (AvgIpc) is 2.70. The lowest BCUT2D eigenvalue weighted by atomic mass is 9.88. The molecule has 1 amide bonds. The Morgan fingerprint density at radius 3 is 2.63 bits per heavy atom. The van der Waals surface area contributed by atoms with Gasteiger partial charge in [0.05, 0.1) is 20.3 Å². The van der Waals surface area contributed by atoms with Crippen LogP contribution >= 0.6 is 0 Å². The minimum Gasteiger partial charge on any atom is -0.494 e. The van der Waals surface area contributed by atoms with Crippen LogP contribution in [0.2, 0.25) is 0 Å². The first-order valence-electron chi connectivity index (χ1n) is 8.98. The summed E-state index contributed by atoms with van der Waals surface area (Å²) in [6.45, 7) is 4.14. The van der Waals surface area contributed by atoms with Crippen molar-refractivity contribution in [3.05, 3.63) is 60.3 Å². The predicted octanol–water partition coefficient (Wildman–Crippen LogP) is 3.68. The Balaban J connectivity index is 1.57. The number of benzene rings is 2. The number of nitrogens with one attached hydrogen (secondary N) is 1. The number of amides is 1. The fourth-order valence-corrected chi connectivity index (χ4v) is 3.31. The van der Waals surface area contributed by atoms with Crippen LogP contribution < -0.4 is 10.1 Å². The smallest absolute Gasteiger partial charge is 0.251 e. The monoisotopic (exact) mass is 362 g/mol. The lowest BCUT2D eigenvalue weighted by Crippen LogP contribution is -2.48. The molecule has 4 rings (SSSR count). The van der Waals surface area contributed by atoms with Crippen molar-refractivity contribution < 1.29 is 14.3 Å². The molecule has 1 fully saturated rings. The Morgan fingerprint density at radius 2 is 1.96 bits per heavy atom. The third kappa shape index (κ3) is 3.38. The first kappa shape index (κ1) is 17.5. The number of methoxy groups -OCH3 is 1. The number of ether oxygens (including phenoxy) is 2. The Morgan fingerprint density at radius 1 is 1.19 bits per heavy atom. The minimum absolute atomic E-state index is 0.0593. The highest BCUT2D eigenvalue weighted by atomic mass is 16.5. The van der Waals surface area contributed by atoms with Gasteiger partial charge in [-0.3, -0.25) is 9.78 Å². The van der Waals surface area contributed by atoms with E-state index in [1.165, 1.54) is 0 Å². The molecule has 2 heterocycles. The van der Waals surface area contributed by atoms with Crippen molar-refractivity contribution in [2.75, 3.05) is 26.9 Å². The fourth-order valence-electron chi connectivity index (χ4n) is 3.31. The van der Waals surface area contributed by atoms with Gasteiger partial charge < -0.3 is 14.8 Å². The lowest BCUT2D eigenvalue weighted by molar-refractivity contribution is -0.0978. The standard InChI is InChI=1S/C22H22N2O3/c1-22(13-27-14-22)12-24-21(25)16-7-5-15(6-8-16)17-9-10-19(26-2)20-18(17)4-3-11-23-20/h3-11H,12-14H2,1-2H3,(H,24,25). The van der Waals surface area contributed by atoms with Gasteiger partial charge >= 0.3 is 0 Å². The highest BCUT2D eigenvalue weighted by molar-refractivity contribution is 5.99. The minimum atomic E-state index is -0.0593. The molecular weight excluding hydrogens is 340 g/mol. The van der Waals surface area contributed by atoms with Gasteiger partial charge in [0.1, 0.15) is 11.3 Å². The molecule has 5 nitrogen and oxygen atoms in total. The van der Waals surface area contributed by atoms with Crippen LogP contribution in [0, 0.1) is 5.41 Å². The number of hydrogen-bond donors (Lipinski definition) is 1. The van der Waals surface area contributed by atoms with Crippen molar-refractivity contribution in [3.8, 4) is 16.9 Å². The summed E-state index contributed by atoms with van der Waals surface area (Å²) in [5, 5.41) is 4.02.